The zero-order chi connectivity index (χ0) is 13.9. The van der Waals surface area contributed by atoms with E-state index in [0.717, 1.165) is 6.54 Å². The molecule has 5 nitrogen and oxygen atoms in total. The quantitative estimate of drug-likeness (QED) is 0.889. The molecule has 1 aliphatic rings. The normalized spacial score (nSPS) is 14.7. The van der Waals surface area contributed by atoms with Crippen LogP contribution in [0.3, 0.4) is 0 Å². The molecule has 1 aliphatic carbocycles. The maximum absolute atomic E-state index is 12.1. The molecule has 0 bridgehead atoms. The van der Waals surface area contributed by atoms with Crippen molar-refractivity contribution < 1.29 is 9.32 Å². The fraction of sp³-hybridized carbons (Fsp3) is 0.429. The minimum absolute atomic E-state index is 0.0400. The topological polar surface area (TPSA) is 58.4 Å². The van der Waals surface area contributed by atoms with Crippen molar-refractivity contribution in [2.75, 3.05) is 11.9 Å². The molecular weight excluding hydrogens is 274 g/mol. The first-order valence-corrected chi connectivity index (χ1v) is 7.58. The van der Waals surface area contributed by atoms with Gasteiger partial charge in [-0.15, -0.1) is 11.3 Å². The minimum atomic E-state index is -0.0400. The van der Waals surface area contributed by atoms with Crippen molar-refractivity contribution in [2.24, 2.45) is 0 Å². The van der Waals surface area contributed by atoms with Crippen molar-refractivity contribution in [3.63, 3.8) is 0 Å². The number of nitrogens with zero attached hydrogens (tertiary/aromatic N) is 2. The fourth-order valence-electron chi connectivity index (χ4n) is 2.15. The Bertz CT molecular complexity index is 575. The number of aryl methyl sites for hydroxylation is 1. The summed E-state index contributed by atoms with van der Waals surface area (Å²) in [5.74, 6) is 1.14. The molecule has 1 fully saturated rings. The van der Waals surface area contributed by atoms with Crippen LogP contribution in [0.1, 0.15) is 23.5 Å². The Morgan fingerprint density at radius 2 is 2.45 bits per heavy atom. The van der Waals surface area contributed by atoms with Crippen LogP contribution in [0.5, 0.6) is 0 Å². The summed E-state index contributed by atoms with van der Waals surface area (Å²) in [7, 11) is 0. The molecule has 0 spiro atoms. The highest BCUT2D eigenvalue weighted by molar-refractivity contribution is 7.09. The van der Waals surface area contributed by atoms with Gasteiger partial charge in [0, 0.05) is 23.5 Å². The van der Waals surface area contributed by atoms with Gasteiger partial charge in [0.15, 0.2) is 5.82 Å². The summed E-state index contributed by atoms with van der Waals surface area (Å²) >= 11 is 1.73. The smallest absolute Gasteiger partial charge is 0.239 e. The van der Waals surface area contributed by atoms with Crippen LogP contribution in [0, 0.1) is 6.92 Å². The lowest BCUT2D eigenvalue weighted by Gasteiger charge is -2.20. The van der Waals surface area contributed by atoms with Gasteiger partial charge in [-0.2, -0.15) is 0 Å². The van der Waals surface area contributed by atoms with Crippen LogP contribution in [0.15, 0.2) is 28.1 Å². The molecular formula is C14H17N3O2S. The van der Waals surface area contributed by atoms with E-state index in [1.807, 2.05) is 6.07 Å². The van der Waals surface area contributed by atoms with Gasteiger partial charge in [0.2, 0.25) is 5.91 Å². The highest BCUT2D eigenvalue weighted by atomic mass is 32.1. The van der Waals surface area contributed by atoms with Crippen LogP contribution in [0.2, 0.25) is 0 Å². The van der Waals surface area contributed by atoms with Crippen molar-refractivity contribution in [1.29, 1.82) is 0 Å². The maximum atomic E-state index is 12.1. The fourth-order valence-corrected chi connectivity index (χ4v) is 2.88. The van der Waals surface area contributed by atoms with E-state index in [0.29, 0.717) is 24.2 Å². The first kappa shape index (κ1) is 13.3. The maximum Gasteiger partial charge on any atom is 0.239 e. The average molecular weight is 291 g/mol. The summed E-state index contributed by atoms with van der Waals surface area (Å²) < 4.78 is 4.94. The third-order valence-corrected chi connectivity index (χ3v) is 4.11. The molecule has 2 aromatic rings. The Kier molecular flexibility index (Phi) is 3.84. The number of rotatable bonds is 6. The lowest BCUT2D eigenvalue weighted by atomic mass is 10.3. The molecule has 0 unspecified atom stereocenters. The van der Waals surface area contributed by atoms with E-state index in [-0.39, 0.29) is 5.91 Å². The number of carbonyl (C=O) groups excluding carboxylic acids is 1. The molecule has 0 aromatic carbocycles. The second-order valence-corrected chi connectivity index (χ2v) is 6.12. The van der Waals surface area contributed by atoms with Gasteiger partial charge in [-0.25, -0.2) is 0 Å². The summed E-state index contributed by atoms with van der Waals surface area (Å²) in [5.41, 5.74) is 0. The van der Waals surface area contributed by atoms with Crippen LogP contribution in [-0.2, 0) is 11.3 Å². The van der Waals surface area contributed by atoms with Gasteiger partial charge in [0.25, 0.3) is 0 Å². The second-order valence-electron chi connectivity index (χ2n) is 5.09. The van der Waals surface area contributed by atoms with Gasteiger partial charge < -0.3 is 9.84 Å². The molecule has 2 aromatic heterocycles. The van der Waals surface area contributed by atoms with E-state index < -0.39 is 0 Å². The molecule has 20 heavy (non-hydrogen) atoms. The van der Waals surface area contributed by atoms with Crippen LogP contribution >= 0.6 is 11.3 Å². The Balaban J connectivity index is 1.57. The third kappa shape index (κ3) is 3.46. The largest absolute Gasteiger partial charge is 0.360 e. The molecule has 0 atom stereocenters. The SMILES string of the molecule is Cc1cc(NC(=O)CN(Cc2cccs2)C2CC2)no1. The van der Waals surface area contributed by atoms with E-state index >= 15 is 0 Å². The van der Waals surface area contributed by atoms with Gasteiger partial charge in [-0.05, 0) is 31.2 Å². The molecule has 1 saturated carbocycles. The molecule has 0 aliphatic heterocycles. The lowest BCUT2D eigenvalue weighted by molar-refractivity contribution is -0.117. The predicted octanol–water partition coefficient (Wildman–Crippen LogP) is 2.65. The summed E-state index contributed by atoms with van der Waals surface area (Å²) in [6, 6.07) is 6.42. The van der Waals surface area contributed by atoms with Crippen molar-refractivity contribution >= 4 is 23.1 Å². The average Bonchev–Trinajstić information content (AvgIpc) is 2.99. The number of anilines is 1. The summed E-state index contributed by atoms with van der Waals surface area (Å²) in [5, 5.41) is 8.62. The number of aromatic nitrogens is 1. The summed E-state index contributed by atoms with van der Waals surface area (Å²) in [6.45, 7) is 3.04. The summed E-state index contributed by atoms with van der Waals surface area (Å²) in [6.07, 6.45) is 2.36. The minimum Gasteiger partial charge on any atom is -0.360 e. The van der Waals surface area contributed by atoms with Crippen molar-refractivity contribution in [3.8, 4) is 0 Å². The Hall–Kier alpha value is -1.66. The van der Waals surface area contributed by atoms with Crippen molar-refractivity contribution in [2.45, 2.75) is 32.4 Å². The first-order valence-electron chi connectivity index (χ1n) is 6.70. The number of hydrogen-bond donors (Lipinski definition) is 1. The molecule has 1 N–H and O–H groups in total. The number of amides is 1. The zero-order valence-electron chi connectivity index (χ0n) is 11.3. The van der Waals surface area contributed by atoms with Gasteiger partial charge in [-0.3, -0.25) is 9.69 Å². The number of carbonyl (C=O) groups is 1. The van der Waals surface area contributed by atoms with Crippen molar-refractivity contribution in [3.05, 3.63) is 34.2 Å². The number of thiophene rings is 1. The molecule has 6 heteroatoms. The predicted molar refractivity (Wildman–Crippen MR) is 77.6 cm³/mol. The van der Waals surface area contributed by atoms with Gasteiger partial charge in [0.1, 0.15) is 5.76 Å². The van der Waals surface area contributed by atoms with Crippen LogP contribution in [-0.4, -0.2) is 28.6 Å². The molecule has 3 rings (SSSR count). The van der Waals surface area contributed by atoms with Crippen LogP contribution in [0.25, 0.3) is 0 Å². The highest BCUT2D eigenvalue weighted by Gasteiger charge is 2.30. The van der Waals surface area contributed by atoms with E-state index in [1.165, 1.54) is 17.7 Å². The summed E-state index contributed by atoms with van der Waals surface area (Å²) in [4.78, 5) is 15.6. The highest BCUT2D eigenvalue weighted by Crippen LogP contribution is 2.28. The molecule has 1 amide bonds. The second kappa shape index (κ2) is 5.76. The molecule has 106 valence electrons. The monoisotopic (exact) mass is 291 g/mol. The van der Waals surface area contributed by atoms with Crippen LogP contribution in [0.4, 0.5) is 5.82 Å². The van der Waals surface area contributed by atoms with Crippen molar-refractivity contribution in [1.82, 2.24) is 10.1 Å². The van der Waals surface area contributed by atoms with E-state index in [9.17, 15) is 4.79 Å². The number of hydrogen-bond acceptors (Lipinski definition) is 5. The molecule has 0 saturated heterocycles. The number of nitrogens with one attached hydrogen (secondary N) is 1. The van der Waals surface area contributed by atoms with Gasteiger partial charge in [-0.1, -0.05) is 11.2 Å². The standard InChI is InChI=1S/C14H17N3O2S/c1-10-7-13(16-19-10)15-14(18)9-17(11-4-5-11)8-12-3-2-6-20-12/h2-3,6-7,11H,4-5,8-9H2,1H3,(H,15,16,18). The Morgan fingerprint density at radius 3 is 3.05 bits per heavy atom. The molecule has 0 radical (unpaired) electrons. The lowest BCUT2D eigenvalue weighted by Crippen LogP contribution is -2.34. The first-order chi connectivity index (χ1) is 9.70. The zero-order valence-corrected chi connectivity index (χ0v) is 12.2. The Morgan fingerprint density at radius 1 is 1.60 bits per heavy atom. The third-order valence-electron chi connectivity index (χ3n) is 3.24. The van der Waals surface area contributed by atoms with E-state index in [1.54, 1.807) is 24.3 Å². The van der Waals surface area contributed by atoms with Crippen LogP contribution < -0.4 is 5.32 Å². The van der Waals surface area contributed by atoms with E-state index in [2.05, 4.69) is 26.8 Å². The van der Waals surface area contributed by atoms with Gasteiger partial charge in [0.05, 0.1) is 6.54 Å². The van der Waals surface area contributed by atoms with Gasteiger partial charge >= 0.3 is 0 Å². The molecule has 2 heterocycles. The Labute approximate surface area is 121 Å². The van der Waals surface area contributed by atoms with E-state index in [4.69, 9.17) is 4.52 Å².